The van der Waals surface area contributed by atoms with Crippen molar-refractivity contribution in [2.45, 2.75) is 0 Å². The topological polar surface area (TPSA) is 78.7 Å². The molecular weight excluding hydrogens is 226 g/mol. The highest BCUT2D eigenvalue weighted by Crippen LogP contribution is 2.02. The van der Waals surface area contributed by atoms with Crippen molar-refractivity contribution in [1.29, 1.82) is 0 Å². The van der Waals surface area contributed by atoms with Crippen molar-refractivity contribution in [2.24, 2.45) is 12.8 Å². The summed E-state index contributed by atoms with van der Waals surface area (Å²) in [7, 11) is 1.64. The van der Waals surface area contributed by atoms with Gasteiger partial charge in [0.25, 0.3) is 5.56 Å². The van der Waals surface area contributed by atoms with Crippen molar-refractivity contribution in [3.63, 3.8) is 0 Å². The van der Waals surface area contributed by atoms with Gasteiger partial charge in [-0.25, -0.2) is 9.97 Å². The Morgan fingerprint density at radius 3 is 2.75 bits per heavy atom. The number of hydrogen-bond donors (Lipinski definition) is 1. The van der Waals surface area contributed by atoms with Gasteiger partial charge in [0.15, 0.2) is 5.82 Å². The Labute approximate surface area is 96.4 Å². The predicted molar refractivity (Wildman–Crippen MR) is 62.5 cm³/mol. The fourth-order valence-corrected chi connectivity index (χ4v) is 1.46. The predicted octanol–water partition coefficient (Wildman–Crippen LogP) is -0.400. The van der Waals surface area contributed by atoms with Crippen molar-refractivity contribution < 1.29 is 0 Å². The number of nitrogens with two attached hydrogens (primary N) is 1. The molecule has 0 bridgehead atoms. The van der Waals surface area contributed by atoms with Crippen LogP contribution in [0.5, 0.6) is 0 Å². The minimum Gasteiger partial charge on any atom is -0.387 e. The maximum absolute atomic E-state index is 11.8. The first-order chi connectivity index (χ1) is 7.61. The summed E-state index contributed by atoms with van der Waals surface area (Å²) in [5.41, 5.74) is 5.26. The van der Waals surface area contributed by atoms with E-state index >= 15 is 0 Å². The molecule has 2 N–H and O–H groups in total. The van der Waals surface area contributed by atoms with Gasteiger partial charge in [-0.2, -0.15) is 0 Å². The zero-order valence-corrected chi connectivity index (χ0v) is 9.31. The molecule has 16 heavy (non-hydrogen) atoms. The van der Waals surface area contributed by atoms with Gasteiger partial charge < -0.3 is 10.3 Å². The second-order valence-corrected chi connectivity index (χ2v) is 3.59. The van der Waals surface area contributed by atoms with E-state index in [1.165, 1.54) is 21.5 Å². The summed E-state index contributed by atoms with van der Waals surface area (Å²) in [6, 6.07) is 0. The zero-order chi connectivity index (χ0) is 11.7. The molecule has 0 unspecified atom stereocenters. The highest BCUT2D eigenvalue weighted by atomic mass is 32.1. The van der Waals surface area contributed by atoms with Gasteiger partial charge in [-0.05, 0) is 0 Å². The lowest BCUT2D eigenvalue weighted by Gasteiger charge is -2.05. The van der Waals surface area contributed by atoms with Crippen LogP contribution >= 0.6 is 12.2 Å². The van der Waals surface area contributed by atoms with Crippen LogP contribution in [0.3, 0.4) is 0 Å². The minimum absolute atomic E-state index is 0.123. The van der Waals surface area contributed by atoms with Crippen molar-refractivity contribution in [2.75, 3.05) is 0 Å². The molecule has 0 aliphatic carbocycles. The monoisotopic (exact) mass is 235 g/mol. The van der Waals surface area contributed by atoms with Crippen molar-refractivity contribution >= 4 is 17.2 Å². The highest BCUT2D eigenvalue weighted by molar-refractivity contribution is 7.80. The molecule has 0 amide bonds. The van der Waals surface area contributed by atoms with Gasteiger partial charge in [0.05, 0.1) is 0 Å². The number of aryl methyl sites for hydroxylation is 1. The van der Waals surface area contributed by atoms with E-state index in [-0.39, 0.29) is 16.4 Å². The van der Waals surface area contributed by atoms with E-state index in [0.717, 1.165) is 0 Å². The first kappa shape index (κ1) is 10.5. The van der Waals surface area contributed by atoms with E-state index in [1.54, 1.807) is 19.4 Å². The first-order valence-corrected chi connectivity index (χ1v) is 4.87. The molecule has 0 aliphatic heterocycles. The molecule has 0 radical (unpaired) electrons. The zero-order valence-electron chi connectivity index (χ0n) is 8.49. The molecule has 0 saturated carbocycles. The Morgan fingerprint density at radius 1 is 1.38 bits per heavy atom. The molecule has 82 valence electrons. The van der Waals surface area contributed by atoms with Gasteiger partial charge >= 0.3 is 0 Å². The molecule has 0 spiro atoms. The summed E-state index contributed by atoms with van der Waals surface area (Å²) in [4.78, 5) is 19.9. The summed E-state index contributed by atoms with van der Waals surface area (Å²) >= 11 is 4.84. The van der Waals surface area contributed by atoms with Crippen LogP contribution in [0.4, 0.5) is 0 Å². The summed E-state index contributed by atoms with van der Waals surface area (Å²) < 4.78 is 2.90. The van der Waals surface area contributed by atoms with Crippen LogP contribution in [0.15, 0.2) is 29.6 Å². The molecule has 2 aromatic rings. The smallest absolute Gasteiger partial charge is 0.294 e. The van der Waals surface area contributed by atoms with Crippen LogP contribution in [0.2, 0.25) is 0 Å². The average Bonchev–Trinajstić information content (AvgIpc) is 2.70. The molecular formula is C9H9N5OS. The number of thiocarbonyl (C=S) groups is 1. The van der Waals surface area contributed by atoms with Gasteiger partial charge in [0.1, 0.15) is 4.99 Å². The Bertz CT molecular complexity index is 600. The van der Waals surface area contributed by atoms with Crippen molar-refractivity contribution in [3.8, 4) is 5.82 Å². The first-order valence-electron chi connectivity index (χ1n) is 4.46. The molecule has 7 heteroatoms. The Morgan fingerprint density at radius 2 is 2.06 bits per heavy atom. The fraction of sp³-hybridized carbons (Fsp3) is 0.111. The summed E-state index contributed by atoms with van der Waals surface area (Å²) in [5.74, 6) is 0.580. The lowest BCUT2D eigenvalue weighted by Crippen LogP contribution is -2.25. The lowest BCUT2D eigenvalue weighted by atomic mass is 10.5. The minimum atomic E-state index is -0.238. The third-order valence-electron chi connectivity index (χ3n) is 2.09. The van der Waals surface area contributed by atoms with Crippen LogP contribution in [0, 0.1) is 0 Å². The van der Waals surface area contributed by atoms with Crippen LogP contribution in [-0.4, -0.2) is 24.1 Å². The number of imidazole rings is 1. The fourth-order valence-electron chi connectivity index (χ4n) is 1.31. The van der Waals surface area contributed by atoms with Crippen LogP contribution in [0.1, 0.15) is 5.82 Å². The van der Waals surface area contributed by atoms with E-state index in [0.29, 0.717) is 5.82 Å². The molecule has 0 aliphatic rings. The molecule has 0 fully saturated rings. The second kappa shape index (κ2) is 3.86. The molecule has 2 rings (SSSR count). The van der Waals surface area contributed by atoms with E-state index in [9.17, 15) is 4.79 Å². The number of rotatable bonds is 2. The maximum atomic E-state index is 11.8. The SMILES string of the molecule is Cn1ccnc(-n2ccnc2C(N)=S)c1=O. The van der Waals surface area contributed by atoms with Gasteiger partial charge in [-0.1, -0.05) is 12.2 Å². The normalized spacial score (nSPS) is 10.3. The van der Waals surface area contributed by atoms with Crippen LogP contribution in [-0.2, 0) is 7.05 Å². The number of hydrogen-bond acceptors (Lipinski definition) is 4. The standard InChI is InChI=1S/C9H9N5OS/c1-13-4-2-12-8(9(13)15)14-5-3-11-7(14)6(10)16/h2-5H,1H3,(H2,10,16). The van der Waals surface area contributed by atoms with Crippen molar-refractivity contribution in [3.05, 3.63) is 41.0 Å². The summed E-state index contributed by atoms with van der Waals surface area (Å²) in [6.45, 7) is 0. The molecule has 0 atom stereocenters. The van der Waals surface area contributed by atoms with E-state index in [2.05, 4.69) is 9.97 Å². The number of nitrogens with zero attached hydrogens (tertiary/aromatic N) is 4. The van der Waals surface area contributed by atoms with E-state index in [4.69, 9.17) is 18.0 Å². The number of aromatic nitrogens is 4. The molecule has 6 nitrogen and oxygen atoms in total. The Kier molecular flexibility index (Phi) is 2.53. The van der Waals surface area contributed by atoms with Gasteiger partial charge in [-0.3, -0.25) is 9.36 Å². The van der Waals surface area contributed by atoms with Crippen LogP contribution < -0.4 is 11.3 Å². The third-order valence-corrected chi connectivity index (χ3v) is 2.27. The highest BCUT2D eigenvalue weighted by Gasteiger charge is 2.11. The quantitative estimate of drug-likeness (QED) is 0.716. The van der Waals surface area contributed by atoms with E-state index < -0.39 is 0 Å². The molecule has 0 aromatic carbocycles. The summed E-state index contributed by atoms with van der Waals surface area (Å²) in [5, 5.41) is 0. The lowest BCUT2D eigenvalue weighted by molar-refractivity contribution is 0.805. The van der Waals surface area contributed by atoms with Gasteiger partial charge in [0, 0.05) is 31.8 Å². The van der Waals surface area contributed by atoms with Gasteiger partial charge in [-0.15, -0.1) is 0 Å². The Balaban J connectivity index is 2.68. The van der Waals surface area contributed by atoms with Crippen molar-refractivity contribution in [1.82, 2.24) is 19.1 Å². The molecule has 2 heterocycles. The summed E-state index contributed by atoms with van der Waals surface area (Å²) in [6.07, 6.45) is 6.21. The Hall–Kier alpha value is -2.02. The second-order valence-electron chi connectivity index (χ2n) is 3.15. The molecule has 2 aromatic heterocycles. The van der Waals surface area contributed by atoms with Crippen LogP contribution in [0.25, 0.3) is 5.82 Å². The average molecular weight is 235 g/mol. The largest absolute Gasteiger partial charge is 0.387 e. The molecule has 0 saturated heterocycles. The maximum Gasteiger partial charge on any atom is 0.294 e. The van der Waals surface area contributed by atoms with Gasteiger partial charge in [0.2, 0.25) is 5.82 Å². The third kappa shape index (κ3) is 1.61. The van der Waals surface area contributed by atoms with E-state index in [1.807, 2.05) is 0 Å².